The molecule has 0 aliphatic heterocycles. The highest BCUT2D eigenvalue weighted by molar-refractivity contribution is 5.62. The molecule has 0 bridgehead atoms. The number of aliphatic hydroxyl groups excluding tert-OH is 1. The molecule has 0 aliphatic rings. The van der Waals surface area contributed by atoms with Crippen LogP contribution in [-0.4, -0.2) is 28.3 Å². The fourth-order valence-electron chi connectivity index (χ4n) is 0. The number of hydrogen-bond acceptors (Lipinski definition) is 2. The lowest BCUT2D eigenvalue weighted by molar-refractivity contribution is -0.134. The Morgan fingerprint density at radius 2 is 1.67 bits per heavy atom. The molecular weight excluding hydrogens is 124 g/mol. The predicted octanol–water partition coefficient (Wildman–Crippen LogP) is 0.639. The molecule has 0 heterocycles. The molecule has 0 atom stereocenters. The third-order valence-electron chi connectivity index (χ3n) is 0. The van der Waals surface area contributed by atoms with E-state index < -0.39 is 5.97 Å². The Hall–Kier alpha value is -0.610. The van der Waals surface area contributed by atoms with Gasteiger partial charge < -0.3 is 15.7 Å². The molecule has 0 aliphatic carbocycles. The van der Waals surface area contributed by atoms with Gasteiger partial charge in [-0.1, -0.05) is 7.43 Å². The zero-order valence-electron chi connectivity index (χ0n) is 5.01. The number of carboxylic acid groups (broad SMARTS) is 1. The fourth-order valence-corrected chi connectivity index (χ4v) is 0. The molecule has 0 aromatic rings. The van der Waals surface area contributed by atoms with Crippen LogP contribution in [0.3, 0.4) is 0 Å². The second-order valence-electron chi connectivity index (χ2n) is 0.835. The summed E-state index contributed by atoms with van der Waals surface area (Å²) >= 11 is 0. The Morgan fingerprint density at radius 1 is 1.67 bits per heavy atom. The lowest BCUT2D eigenvalue weighted by atomic mass is 10.9. The average Bonchev–Trinajstić information content (AvgIpc) is 1.33. The molecule has 0 rings (SSSR count). The maximum absolute atomic E-state index is 9.00. The van der Waals surface area contributed by atoms with Crippen LogP contribution in [0.4, 0.5) is 0 Å². The highest BCUT2D eigenvalue weighted by Gasteiger charge is 1.65. The zero-order valence-corrected chi connectivity index (χ0v) is 5.01. The van der Waals surface area contributed by atoms with Crippen molar-refractivity contribution in [1.82, 2.24) is 0 Å². The lowest BCUT2D eigenvalue weighted by Crippen LogP contribution is -1.78. The fraction of sp³-hybridized carbons (Fsp3) is 0.800. The quantitative estimate of drug-likeness (QED) is 0.525. The number of hydrogen-bond donors (Lipinski definition) is 2. The SMILES string of the molecule is C.CC(=O)O.CCO.O.[HH].[HH].[HH]. The second kappa shape index (κ2) is 26.3. The van der Waals surface area contributed by atoms with Gasteiger partial charge in [0.15, 0.2) is 0 Å². The molecule has 0 amide bonds. The van der Waals surface area contributed by atoms with E-state index in [1.54, 1.807) is 6.92 Å². The first-order valence-corrected chi connectivity index (χ1v) is 1.95. The molecule has 0 saturated heterocycles. The highest BCUT2D eigenvalue weighted by Crippen LogP contribution is 1.42. The van der Waals surface area contributed by atoms with Crippen LogP contribution in [0.1, 0.15) is 25.6 Å². The van der Waals surface area contributed by atoms with Crippen LogP contribution in [-0.2, 0) is 4.79 Å². The number of aliphatic carboxylic acids is 1. The highest BCUT2D eigenvalue weighted by atomic mass is 16.4. The van der Waals surface area contributed by atoms with E-state index in [-0.39, 0.29) is 23.8 Å². The van der Waals surface area contributed by atoms with Crippen molar-refractivity contribution in [3.05, 3.63) is 0 Å². The molecule has 0 aromatic heterocycles. The van der Waals surface area contributed by atoms with Gasteiger partial charge in [0.1, 0.15) is 0 Å². The standard InChI is InChI=1S/C2H4O2.C2H6O.CH4.H2O.3H2/c1-2(3)4;1-2-3;;;;;/h1H3,(H,3,4);3H,2H2,1H3;1H4;1H2;3*1H. The van der Waals surface area contributed by atoms with Gasteiger partial charge in [0.25, 0.3) is 5.97 Å². The molecule has 0 fully saturated rings. The summed E-state index contributed by atoms with van der Waals surface area (Å²) in [5.41, 5.74) is 0. The van der Waals surface area contributed by atoms with E-state index in [0.29, 0.717) is 0 Å². The summed E-state index contributed by atoms with van der Waals surface area (Å²) in [6.07, 6.45) is 0. The minimum atomic E-state index is -0.833. The van der Waals surface area contributed by atoms with Crippen LogP contribution in [0.2, 0.25) is 0 Å². The van der Waals surface area contributed by atoms with E-state index in [1.165, 1.54) is 0 Å². The summed E-state index contributed by atoms with van der Waals surface area (Å²) in [5.74, 6) is -0.833. The van der Waals surface area contributed by atoms with Gasteiger partial charge in [-0.2, -0.15) is 0 Å². The summed E-state index contributed by atoms with van der Waals surface area (Å²) in [6, 6.07) is 0. The Labute approximate surface area is 59.9 Å². The molecular formula is C5H22O4. The van der Waals surface area contributed by atoms with Crippen LogP contribution in [0.25, 0.3) is 0 Å². The maximum Gasteiger partial charge on any atom is 0.300 e. The van der Waals surface area contributed by atoms with Crippen molar-refractivity contribution in [3.8, 4) is 0 Å². The summed E-state index contributed by atoms with van der Waals surface area (Å²) in [5, 5.41) is 15.0. The van der Waals surface area contributed by atoms with Gasteiger partial charge >= 0.3 is 0 Å². The molecule has 0 radical (unpaired) electrons. The van der Waals surface area contributed by atoms with Crippen molar-refractivity contribution in [2.75, 3.05) is 6.61 Å². The number of carbonyl (C=O) groups is 1. The van der Waals surface area contributed by atoms with E-state index in [0.717, 1.165) is 6.92 Å². The first kappa shape index (κ1) is 23.8. The minimum Gasteiger partial charge on any atom is -0.481 e. The van der Waals surface area contributed by atoms with Crippen molar-refractivity contribution in [2.24, 2.45) is 0 Å². The van der Waals surface area contributed by atoms with E-state index in [2.05, 4.69) is 0 Å². The van der Waals surface area contributed by atoms with Gasteiger partial charge in [-0.05, 0) is 6.92 Å². The van der Waals surface area contributed by atoms with E-state index in [1.807, 2.05) is 0 Å². The molecule has 0 aromatic carbocycles. The molecule has 9 heavy (non-hydrogen) atoms. The van der Waals surface area contributed by atoms with Crippen LogP contribution in [0.5, 0.6) is 0 Å². The largest absolute Gasteiger partial charge is 0.481 e. The summed E-state index contributed by atoms with van der Waals surface area (Å²) in [7, 11) is 0. The van der Waals surface area contributed by atoms with Crippen molar-refractivity contribution in [1.29, 1.82) is 0 Å². The van der Waals surface area contributed by atoms with Gasteiger partial charge in [0.2, 0.25) is 0 Å². The molecule has 0 unspecified atom stereocenters. The van der Waals surface area contributed by atoms with Crippen molar-refractivity contribution in [2.45, 2.75) is 21.3 Å². The van der Waals surface area contributed by atoms with Gasteiger partial charge in [-0.3, -0.25) is 4.79 Å². The van der Waals surface area contributed by atoms with Gasteiger partial charge in [0.05, 0.1) is 0 Å². The van der Waals surface area contributed by atoms with Crippen molar-refractivity contribution in [3.63, 3.8) is 0 Å². The smallest absolute Gasteiger partial charge is 0.300 e. The van der Waals surface area contributed by atoms with E-state index >= 15 is 0 Å². The van der Waals surface area contributed by atoms with Crippen LogP contribution in [0.15, 0.2) is 0 Å². The Bertz CT molecular complexity index is 50.0. The number of aliphatic hydroxyl groups is 1. The summed E-state index contributed by atoms with van der Waals surface area (Å²) < 4.78 is 0. The third-order valence-corrected chi connectivity index (χ3v) is 0. The Morgan fingerprint density at radius 3 is 1.67 bits per heavy atom. The monoisotopic (exact) mass is 146 g/mol. The van der Waals surface area contributed by atoms with Gasteiger partial charge in [-0.15, -0.1) is 0 Å². The zero-order chi connectivity index (χ0) is 6.28. The normalized spacial score (nSPS) is 4.78. The summed E-state index contributed by atoms with van der Waals surface area (Å²) in [6.45, 7) is 3.01. The van der Waals surface area contributed by atoms with Gasteiger partial charge in [0, 0.05) is 17.8 Å². The van der Waals surface area contributed by atoms with Crippen molar-refractivity contribution >= 4 is 5.97 Å². The molecule has 0 spiro atoms. The first-order chi connectivity index (χ1) is 3.15. The first-order valence-electron chi connectivity index (χ1n) is 1.95. The predicted molar refractivity (Wildman–Crippen MR) is 42.8 cm³/mol. The topological polar surface area (TPSA) is 89.0 Å². The maximum atomic E-state index is 9.00. The van der Waals surface area contributed by atoms with Crippen LogP contribution in [0, 0.1) is 0 Å². The lowest BCUT2D eigenvalue weighted by Gasteiger charge is -1.59. The molecule has 4 N–H and O–H groups in total. The minimum absolute atomic E-state index is 0. The van der Waals surface area contributed by atoms with Crippen molar-refractivity contribution < 1.29 is 24.8 Å². The Kier molecular flexibility index (Phi) is 69.4. The van der Waals surface area contributed by atoms with Crippen LogP contribution >= 0.6 is 0 Å². The van der Waals surface area contributed by atoms with E-state index in [9.17, 15) is 0 Å². The summed E-state index contributed by atoms with van der Waals surface area (Å²) in [4.78, 5) is 9.00. The van der Waals surface area contributed by atoms with Crippen LogP contribution < -0.4 is 0 Å². The molecule has 0 saturated carbocycles. The van der Waals surface area contributed by atoms with Gasteiger partial charge in [-0.25, -0.2) is 0 Å². The number of rotatable bonds is 0. The number of carboxylic acids is 1. The molecule has 66 valence electrons. The van der Waals surface area contributed by atoms with E-state index in [4.69, 9.17) is 15.0 Å². The molecule has 4 heteroatoms. The Balaban J connectivity index is -0.00000000597. The third kappa shape index (κ3) is 577. The second-order valence-corrected chi connectivity index (χ2v) is 0.835. The molecule has 4 nitrogen and oxygen atoms in total. The average molecular weight is 146 g/mol.